The Labute approximate surface area is 210 Å². The topological polar surface area (TPSA) is 71.6 Å². The van der Waals surface area contributed by atoms with Crippen LogP contribution in [0.5, 0.6) is 0 Å². The first kappa shape index (κ1) is 22.2. The smallest absolute Gasteiger partial charge is 0.176 e. The highest BCUT2D eigenvalue weighted by Crippen LogP contribution is 2.52. The second-order valence-corrected chi connectivity index (χ2v) is 9.98. The number of aromatic nitrogens is 3. The van der Waals surface area contributed by atoms with Crippen LogP contribution in [0, 0.1) is 23.2 Å². The zero-order valence-corrected chi connectivity index (χ0v) is 20.3. The molecule has 0 saturated carbocycles. The van der Waals surface area contributed by atoms with Crippen molar-refractivity contribution in [3.05, 3.63) is 102 Å². The Hall–Kier alpha value is -4.30. The summed E-state index contributed by atoms with van der Waals surface area (Å²) in [6, 6.07) is 26.6. The molecule has 0 N–H and O–H groups in total. The lowest BCUT2D eigenvalue weighted by atomic mass is 9.57. The average molecular weight is 471 g/mol. The number of carbonyl (C=O) groups excluding carboxylic acids is 1. The molecule has 0 bridgehead atoms. The number of nitrogens with zero attached hydrogens (tertiary/aromatic N) is 4. The number of Topliss-reactive ketones (excluding diaryl/α,β-unsaturated/α-hetero) is 1. The number of carbonyl (C=O) groups is 1. The number of benzene rings is 2. The molecule has 2 aliphatic carbocycles. The molecule has 4 aromatic rings. The van der Waals surface area contributed by atoms with Gasteiger partial charge < -0.3 is 0 Å². The molecular formula is C31H26N4O. The van der Waals surface area contributed by atoms with Gasteiger partial charge in [-0.15, -0.1) is 0 Å². The van der Waals surface area contributed by atoms with Gasteiger partial charge in [-0.1, -0.05) is 80.6 Å². The molecule has 0 radical (unpaired) electrons. The molecule has 2 aromatic heterocycles. The van der Waals surface area contributed by atoms with Crippen LogP contribution in [0.25, 0.3) is 28.2 Å². The molecule has 0 saturated heterocycles. The number of ketones is 1. The Morgan fingerprint density at radius 2 is 1.67 bits per heavy atom. The lowest BCUT2D eigenvalue weighted by Gasteiger charge is -2.45. The molecule has 6 rings (SSSR count). The van der Waals surface area contributed by atoms with Crippen LogP contribution in [0.2, 0.25) is 0 Å². The number of fused-ring (bicyclic) bond motifs is 3. The highest BCUT2D eigenvalue weighted by molar-refractivity contribution is 6.02. The van der Waals surface area contributed by atoms with Crippen molar-refractivity contribution >= 4 is 5.78 Å². The van der Waals surface area contributed by atoms with Gasteiger partial charge in [0.05, 0.1) is 17.0 Å². The molecule has 5 nitrogen and oxygen atoms in total. The van der Waals surface area contributed by atoms with Gasteiger partial charge in [0.2, 0.25) is 0 Å². The van der Waals surface area contributed by atoms with Crippen LogP contribution in [0.15, 0.2) is 90.6 Å². The third-order valence-corrected chi connectivity index (χ3v) is 7.94. The van der Waals surface area contributed by atoms with Crippen molar-refractivity contribution in [1.29, 1.82) is 5.26 Å². The van der Waals surface area contributed by atoms with Gasteiger partial charge >= 0.3 is 0 Å². The van der Waals surface area contributed by atoms with E-state index in [1.807, 2.05) is 66.3 Å². The molecule has 2 aromatic carbocycles. The molecule has 0 aliphatic heterocycles. The van der Waals surface area contributed by atoms with Crippen molar-refractivity contribution in [2.24, 2.45) is 11.8 Å². The average Bonchev–Trinajstić information content (AvgIpc) is 3.33. The standard InChI is InChI=1S/C31H26N4O/c1-20-26-15-14-25-28(22-11-7-4-8-12-22)34-35(30(25)31(26,2)17-24(18-32)29(20)36)27-16-13-23(19-33-27)21-9-5-3-6-10-21/h3-13,16-17,19-20,26H,14-15H2,1-2H3/t20-,26-,31?/m1/s1. The minimum atomic E-state index is -0.508. The van der Waals surface area contributed by atoms with E-state index in [1.165, 1.54) is 5.56 Å². The summed E-state index contributed by atoms with van der Waals surface area (Å²) in [5, 5.41) is 14.9. The van der Waals surface area contributed by atoms with Crippen LogP contribution in [0.1, 0.15) is 31.5 Å². The van der Waals surface area contributed by atoms with Gasteiger partial charge in [-0.25, -0.2) is 9.67 Å². The van der Waals surface area contributed by atoms with Crippen LogP contribution in [-0.2, 0) is 16.6 Å². The van der Waals surface area contributed by atoms with E-state index in [-0.39, 0.29) is 23.2 Å². The number of pyridine rings is 1. The molecule has 0 fully saturated rings. The summed E-state index contributed by atoms with van der Waals surface area (Å²) in [7, 11) is 0. The maximum absolute atomic E-state index is 12.9. The van der Waals surface area contributed by atoms with E-state index in [4.69, 9.17) is 10.1 Å². The summed E-state index contributed by atoms with van der Waals surface area (Å²) in [4.78, 5) is 17.7. The van der Waals surface area contributed by atoms with E-state index in [0.717, 1.165) is 46.7 Å². The van der Waals surface area contributed by atoms with E-state index in [2.05, 4.69) is 43.3 Å². The van der Waals surface area contributed by atoms with E-state index < -0.39 is 5.41 Å². The zero-order chi connectivity index (χ0) is 24.9. The van der Waals surface area contributed by atoms with Crippen LogP contribution in [0.4, 0.5) is 0 Å². The number of hydrogen-bond donors (Lipinski definition) is 0. The first-order valence-electron chi connectivity index (χ1n) is 12.4. The molecule has 176 valence electrons. The summed E-state index contributed by atoms with van der Waals surface area (Å²) in [5.41, 5.74) is 6.08. The molecule has 2 heterocycles. The van der Waals surface area contributed by atoms with Crippen LogP contribution in [-0.4, -0.2) is 20.5 Å². The Bertz CT molecular complexity index is 1530. The lowest BCUT2D eigenvalue weighted by molar-refractivity contribution is -0.121. The monoisotopic (exact) mass is 470 g/mol. The fourth-order valence-electron chi connectivity index (χ4n) is 6.15. The van der Waals surface area contributed by atoms with Gasteiger partial charge in [0.15, 0.2) is 11.6 Å². The molecule has 36 heavy (non-hydrogen) atoms. The number of rotatable bonds is 3. The first-order valence-corrected chi connectivity index (χ1v) is 12.4. The largest absolute Gasteiger partial charge is 0.293 e. The van der Waals surface area contributed by atoms with Crippen LogP contribution < -0.4 is 0 Å². The second kappa shape index (κ2) is 8.42. The van der Waals surface area contributed by atoms with Crippen molar-refractivity contribution in [3.63, 3.8) is 0 Å². The highest BCUT2D eigenvalue weighted by atomic mass is 16.1. The van der Waals surface area contributed by atoms with Gasteiger partial charge in [0.25, 0.3) is 0 Å². The van der Waals surface area contributed by atoms with Crippen LogP contribution in [0.3, 0.4) is 0 Å². The molecule has 0 amide bonds. The SMILES string of the molecule is C[C@H]1C(=O)C(C#N)=CC2(C)c3c(c(-c4ccccc4)nn3-c3ccc(-c4ccccc4)cn3)CC[C@H]12. The van der Waals surface area contributed by atoms with Gasteiger partial charge in [0, 0.05) is 34.2 Å². The minimum Gasteiger partial charge on any atom is -0.293 e. The van der Waals surface area contributed by atoms with Crippen molar-refractivity contribution < 1.29 is 4.79 Å². The van der Waals surface area contributed by atoms with Gasteiger partial charge in [-0.2, -0.15) is 10.4 Å². The fraction of sp³-hybridized carbons (Fsp3) is 0.226. The Balaban J connectivity index is 1.57. The first-order chi connectivity index (χ1) is 17.5. The number of hydrogen-bond acceptors (Lipinski definition) is 4. The minimum absolute atomic E-state index is 0.0527. The normalized spacial score (nSPS) is 22.8. The predicted octanol–water partition coefficient (Wildman–Crippen LogP) is 6.09. The van der Waals surface area contributed by atoms with Crippen molar-refractivity contribution in [3.8, 4) is 34.3 Å². The van der Waals surface area contributed by atoms with Crippen molar-refractivity contribution in [2.75, 3.05) is 0 Å². The fourth-order valence-corrected chi connectivity index (χ4v) is 6.15. The maximum Gasteiger partial charge on any atom is 0.176 e. The molecular weight excluding hydrogens is 444 g/mol. The van der Waals surface area contributed by atoms with E-state index in [0.29, 0.717) is 0 Å². The van der Waals surface area contributed by atoms with Crippen molar-refractivity contribution in [2.45, 2.75) is 32.1 Å². The lowest BCUT2D eigenvalue weighted by Crippen LogP contribution is -2.46. The summed E-state index contributed by atoms with van der Waals surface area (Å²) in [5.74, 6) is 0.548. The summed E-state index contributed by atoms with van der Waals surface area (Å²) in [6.45, 7) is 4.12. The van der Waals surface area contributed by atoms with E-state index in [1.54, 1.807) is 0 Å². The quantitative estimate of drug-likeness (QED) is 0.363. The van der Waals surface area contributed by atoms with E-state index >= 15 is 0 Å². The molecule has 2 aliphatic rings. The molecule has 3 atom stereocenters. The summed E-state index contributed by atoms with van der Waals surface area (Å²) < 4.78 is 1.95. The van der Waals surface area contributed by atoms with Crippen molar-refractivity contribution in [1.82, 2.24) is 14.8 Å². The maximum atomic E-state index is 12.9. The van der Waals surface area contributed by atoms with Gasteiger partial charge in [-0.3, -0.25) is 4.79 Å². The molecule has 0 spiro atoms. The third-order valence-electron chi connectivity index (χ3n) is 7.94. The van der Waals surface area contributed by atoms with Gasteiger partial charge in [0.1, 0.15) is 6.07 Å². The summed E-state index contributed by atoms with van der Waals surface area (Å²) >= 11 is 0. The number of allylic oxidation sites excluding steroid dienone is 2. The summed E-state index contributed by atoms with van der Waals surface area (Å²) in [6.07, 6.45) is 5.48. The predicted molar refractivity (Wildman–Crippen MR) is 139 cm³/mol. The number of nitriles is 1. The Morgan fingerprint density at radius 1 is 0.972 bits per heavy atom. The Morgan fingerprint density at radius 3 is 2.31 bits per heavy atom. The zero-order valence-electron chi connectivity index (χ0n) is 20.3. The molecule has 1 unspecified atom stereocenters. The van der Waals surface area contributed by atoms with E-state index in [9.17, 15) is 10.1 Å². The van der Waals surface area contributed by atoms with Crippen LogP contribution >= 0.6 is 0 Å². The van der Waals surface area contributed by atoms with Gasteiger partial charge in [-0.05, 0) is 36.5 Å². The highest BCUT2D eigenvalue weighted by Gasteiger charge is 2.50. The Kier molecular flexibility index (Phi) is 5.19. The molecule has 5 heteroatoms. The third kappa shape index (κ3) is 3.33. The second-order valence-electron chi connectivity index (χ2n) is 9.98.